The van der Waals surface area contributed by atoms with Crippen LogP contribution in [0.25, 0.3) is 0 Å². The van der Waals surface area contributed by atoms with E-state index in [9.17, 15) is 0 Å². The second-order valence-electron chi connectivity index (χ2n) is 4.39. The predicted molar refractivity (Wildman–Crippen MR) is 49.4 cm³/mol. The van der Waals surface area contributed by atoms with E-state index < -0.39 is 0 Å². The molecular formula is C10H19N. The van der Waals surface area contributed by atoms with Crippen LogP contribution in [0.4, 0.5) is 0 Å². The van der Waals surface area contributed by atoms with Gasteiger partial charge in [0.15, 0.2) is 0 Å². The Bertz CT molecular complexity index is 148. The highest BCUT2D eigenvalue weighted by Crippen LogP contribution is 2.30. The molecule has 0 aromatic rings. The third-order valence-electron chi connectivity index (χ3n) is 2.66. The summed E-state index contributed by atoms with van der Waals surface area (Å²) < 4.78 is 0. The Kier molecular flexibility index (Phi) is 2.26. The maximum Gasteiger partial charge on any atom is 0.0179 e. The van der Waals surface area contributed by atoms with E-state index >= 15 is 0 Å². The van der Waals surface area contributed by atoms with Crippen molar-refractivity contribution >= 4 is 0 Å². The van der Waals surface area contributed by atoms with Gasteiger partial charge < -0.3 is 4.90 Å². The molecule has 0 N–H and O–H groups in total. The summed E-state index contributed by atoms with van der Waals surface area (Å²) in [6.45, 7) is 13.1. The predicted octanol–water partition coefficient (Wildman–Crippen LogP) is 2.64. The number of rotatable bonds is 1. The molecule has 1 aliphatic rings. The first-order valence-electron chi connectivity index (χ1n) is 4.42. The molecule has 0 aromatic carbocycles. The smallest absolute Gasteiger partial charge is 0.0179 e. The number of hydrogen-bond acceptors (Lipinski definition) is 1. The van der Waals surface area contributed by atoms with Gasteiger partial charge in [0.25, 0.3) is 0 Å². The van der Waals surface area contributed by atoms with E-state index in [0.29, 0.717) is 5.41 Å². The highest BCUT2D eigenvalue weighted by Gasteiger charge is 2.24. The van der Waals surface area contributed by atoms with Crippen LogP contribution in [0.15, 0.2) is 12.3 Å². The molecule has 0 unspecified atom stereocenters. The summed E-state index contributed by atoms with van der Waals surface area (Å²) in [7, 11) is 0. The van der Waals surface area contributed by atoms with Gasteiger partial charge in [-0.25, -0.2) is 0 Å². The number of likely N-dealkylation sites (tertiary alicyclic amines) is 1. The van der Waals surface area contributed by atoms with Gasteiger partial charge in [0.2, 0.25) is 0 Å². The molecule has 0 radical (unpaired) electrons. The minimum absolute atomic E-state index is 0.561. The highest BCUT2D eigenvalue weighted by molar-refractivity contribution is 4.92. The van der Waals surface area contributed by atoms with Crippen molar-refractivity contribution in [2.75, 3.05) is 13.1 Å². The van der Waals surface area contributed by atoms with Crippen molar-refractivity contribution < 1.29 is 0 Å². The zero-order valence-corrected chi connectivity index (χ0v) is 7.98. The molecule has 0 aromatic heterocycles. The molecule has 1 aliphatic heterocycles. The normalized spacial score (nSPS) is 23.4. The maximum absolute atomic E-state index is 3.95. The fourth-order valence-corrected chi connectivity index (χ4v) is 1.49. The van der Waals surface area contributed by atoms with Crippen LogP contribution >= 0.6 is 0 Å². The molecular weight excluding hydrogens is 134 g/mol. The maximum atomic E-state index is 3.95. The quantitative estimate of drug-likeness (QED) is 0.560. The molecule has 64 valence electrons. The van der Waals surface area contributed by atoms with Crippen molar-refractivity contribution in [3.63, 3.8) is 0 Å². The van der Waals surface area contributed by atoms with E-state index in [1.54, 1.807) is 0 Å². The SMILES string of the molecule is C=C(C)N1CCC(C)(C)CC1. The van der Waals surface area contributed by atoms with Crippen LogP contribution in [0.2, 0.25) is 0 Å². The molecule has 0 amide bonds. The van der Waals surface area contributed by atoms with Crippen LogP contribution in [0.3, 0.4) is 0 Å². The van der Waals surface area contributed by atoms with Crippen molar-refractivity contribution in [3.05, 3.63) is 12.3 Å². The van der Waals surface area contributed by atoms with Crippen LogP contribution in [0, 0.1) is 5.41 Å². The van der Waals surface area contributed by atoms with Gasteiger partial charge in [0.05, 0.1) is 0 Å². The lowest BCUT2D eigenvalue weighted by Crippen LogP contribution is -2.35. The van der Waals surface area contributed by atoms with Crippen molar-refractivity contribution in [3.8, 4) is 0 Å². The average molecular weight is 153 g/mol. The monoisotopic (exact) mass is 153 g/mol. The summed E-state index contributed by atoms with van der Waals surface area (Å²) >= 11 is 0. The average Bonchev–Trinajstić information content (AvgIpc) is 1.86. The molecule has 1 fully saturated rings. The molecule has 0 bridgehead atoms. The molecule has 0 saturated carbocycles. The summed E-state index contributed by atoms with van der Waals surface area (Å²) in [5.74, 6) is 0. The van der Waals surface area contributed by atoms with Gasteiger partial charge in [-0.15, -0.1) is 0 Å². The molecule has 0 atom stereocenters. The second kappa shape index (κ2) is 2.88. The van der Waals surface area contributed by atoms with E-state index in [2.05, 4.69) is 32.3 Å². The molecule has 11 heavy (non-hydrogen) atoms. The second-order valence-corrected chi connectivity index (χ2v) is 4.39. The lowest BCUT2D eigenvalue weighted by molar-refractivity contribution is 0.163. The number of allylic oxidation sites excluding steroid dienone is 1. The van der Waals surface area contributed by atoms with Gasteiger partial charge in [-0.3, -0.25) is 0 Å². The molecule has 1 nitrogen and oxygen atoms in total. The molecule has 1 saturated heterocycles. The fourth-order valence-electron chi connectivity index (χ4n) is 1.49. The van der Waals surface area contributed by atoms with Gasteiger partial charge >= 0.3 is 0 Å². The lowest BCUT2D eigenvalue weighted by Gasteiger charge is -2.38. The van der Waals surface area contributed by atoms with Crippen molar-refractivity contribution in [1.29, 1.82) is 0 Å². The van der Waals surface area contributed by atoms with Crippen molar-refractivity contribution in [2.24, 2.45) is 5.41 Å². The Morgan fingerprint density at radius 1 is 1.27 bits per heavy atom. The van der Waals surface area contributed by atoms with Crippen molar-refractivity contribution in [2.45, 2.75) is 33.6 Å². The molecule has 1 heteroatoms. The third kappa shape index (κ3) is 2.25. The first-order chi connectivity index (χ1) is 5.01. The van der Waals surface area contributed by atoms with Crippen LogP contribution in [-0.4, -0.2) is 18.0 Å². The standard InChI is InChI=1S/C10H19N/c1-9(2)11-7-5-10(3,4)6-8-11/h1,5-8H2,2-4H3. The van der Waals surface area contributed by atoms with Gasteiger partial charge in [-0.05, 0) is 25.2 Å². The largest absolute Gasteiger partial charge is 0.375 e. The van der Waals surface area contributed by atoms with E-state index in [4.69, 9.17) is 0 Å². The van der Waals surface area contributed by atoms with E-state index in [0.717, 1.165) is 0 Å². The summed E-state index contributed by atoms with van der Waals surface area (Å²) in [5.41, 5.74) is 1.78. The van der Waals surface area contributed by atoms with Gasteiger partial charge in [-0.1, -0.05) is 20.4 Å². The molecule has 1 heterocycles. The number of nitrogens with zero attached hydrogens (tertiary/aromatic N) is 1. The van der Waals surface area contributed by atoms with Crippen LogP contribution in [0.1, 0.15) is 33.6 Å². The van der Waals surface area contributed by atoms with Gasteiger partial charge in [0, 0.05) is 18.8 Å². The summed E-state index contributed by atoms with van der Waals surface area (Å²) in [5, 5.41) is 0. The first kappa shape index (κ1) is 8.63. The zero-order chi connectivity index (χ0) is 8.48. The number of piperidine rings is 1. The van der Waals surface area contributed by atoms with Crippen LogP contribution in [-0.2, 0) is 0 Å². The Morgan fingerprint density at radius 3 is 2.09 bits per heavy atom. The molecule has 1 rings (SSSR count). The van der Waals surface area contributed by atoms with E-state index in [1.165, 1.54) is 31.6 Å². The first-order valence-corrected chi connectivity index (χ1v) is 4.42. The van der Waals surface area contributed by atoms with Gasteiger partial charge in [0.1, 0.15) is 0 Å². The molecule has 0 aliphatic carbocycles. The van der Waals surface area contributed by atoms with Crippen molar-refractivity contribution in [1.82, 2.24) is 4.90 Å². The van der Waals surface area contributed by atoms with Crippen LogP contribution < -0.4 is 0 Å². The fraction of sp³-hybridized carbons (Fsp3) is 0.800. The lowest BCUT2D eigenvalue weighted by atomic mass is 9.82. The third-order valence-corrected chi connectivity index (χ3v) is 2.66. The Balaban J connectivity index is 2.42. The Labute approximate surface area is 70.1 Å². The van der Waals surface area contributed by atoms with Crippen LogP contribution in [0.5, 0.6) is 0 Å². The van der Waals surface area contributed by atoms with E-state index in [-0.39, 0.29) is 0 Å². The summed E-state index contributed by atoms with van der Waals surface area (Å²) in [6, 6.07) is 0. The minimum Gasteiger partial charge on any atom is -0.375 e. The minimum atomic E-state index is 0.561. The Morgan fingerprint density at radius 2 is 1.73 bits per heavy atom. The highest BCUT2D eigenvalue weighted by atomic mass is 15.1. The topological polar surface area (TPSA) is 3.24 Å². The summed E-state index contributed by atoms with van der Waals surface area (Å²) in [6.07, 6.45) is 2.61. The molecule has 0 spiro atoms. The number of hydrogen-bond donors (Lipinski definition) is 0. The van der Waals surface area contributed by atoms with E-state index in [1.807, 2.05) is 0 Å². The summed E-state index contributed by atoms with van der Waals surface area (Å²) in [4.78, 5) is 2.38. The Hall–Kier alpha value is -0.460. The van der Waals surface area contributed by atoms with Gasteiger partial charge in [-0.2, -0.15) is 0 Å². The zero-order valence-electron chi connectivity index (χ0n) is 7.98.